The van der Waals surface area contributed by atoms with Crippen molar-refractivity contribution in [2.75, 3.05) is 32.1 Å². The van der Waals surface area contributed by atoms with E-state index in [4.69, 9.17) is 16.0 Å². The van der Waals surface area contributed by atoms with Crippen molar-refractivity contribution in [2.24, 2.45) is 5.41 Å². The Bertz CT molecular complexity index is 759. The molecule has 6 nitrogen and oxygen atoms in total. The average molecular weight is 335 g/mol. The predicted octanol–water partition coefficient (Wildman–Crippen LogP) is 2.72. The van der Waals surface area contributed by atoms with Gasteiger partial charge in [-0.05, 0) is 31.0 Å². The number of anilines is 1. The van der Waals surface area contributed by atoms with Gasteiger partial charge in [0.15, 0.2) is 5.58 Å². The molecule has 0 radical (unpaired) electrons. The number of nitrogens with one attached hydrogen (secondary N) is 1. The van der Waals surface area contributed by atoms with E-state index in [1.165, 1.54) is 0 Å². The van der Waals surface area contributed by atoms with Gasteiger partial charge in [0.05, 0.1) is 0 Å². The predicted molar refractivity (Wildman–Crippen MR) is 88.9 cm³/mol. The lowest BCUT2D eigenvalue weighted by molar-refractivity contribution is 0.0478. The van der Waals surface area contributed by atoms with Crippen LogP contribution in [0.3, 0.4) is 0 Å². The van der Waals surface area contributed by atoms with Crippen LogP contribution in [-0.4, -0.2) is 49.1 Å². The van der Waals surface area contributed by atoms with E-state index >= 15 is 0 Å². The second-order valence-corrected chi connectivity index (χ2v) is 7.35. The summed E-state index contributed by atoms with van der Waals surface area (Å²) in [4.78, 5) is 19.9. The summed E-state index contributed by atoms with van der Waals surface area (Å²) in [5.74, 6) is 0. The summed E-state index contributed by atoms with van der Waals surface area (Å²) in [6.07, 6.45) is 2.05. The zero-order chi connectivity index (χ0) is 16.2. The molecule has 2 fully saturated rings. The van der Waals surface area contributed by atoms with Crippen LogP contribution >= 0.6 is 11.6 Å². The van der Waals surface area contributed by atoms with E-state index in [1.807, 2.05) is 12.1 Å². The van der Waals surface area contributed by atoms with Crippen LogP contribution in [0.15, 0.2) is 22.6 Å². The highest BCUT2D eigenvalue weighted by molar-refractivity contribution is 6.31. The molecule has 1 N–H and O–H groups in total. The van der Waals surface area contributed by atoms with Crippen molar-refractivity contribution >= 4 is 34.7 Å². The summed E-state index contributed by atoms with van der Waals surface area (Å²) < 4.78 is 5.79. The van der Waals surface area contributed by atoms with Crippen molar-refractivity contribution in [3.05, 3.63) is 23.2 Å². The highest BCUT2D eigenvalue weighted by Crippen LogP contribution is 2.49. The molecule has 4 rings (SSSR count). The van der Waals surface area contributed by atoms with E-state index in [1.54, 1.807) is 25.1 Å². The van der Waals surface area contributed by atoms with Gasteiger partial charge in [-0.3, -0.25) is 0 Å². The summed E-state index contributed by atoms with van der Waals surface area (Å²) in [5, 5.41) is 3.70. The number of carbonyl (C=O) groups excluding carboxylic acids is 1. The van der Waals surface area contributed by atoms with Crippen molar-refractivity contribution in [1.82, 2.24) is 15.2 Å². The van der Waals surface area contributed by atoms with Crippen molar-refractivity contribution in [3.8, 4) is 0 Å². The Labute approximate surface area is 139 Å². The van der Waals surface area contributed by atoms with Crippen molar-refractivity contribution in [3.63, 3.8) is 0 Å². The van der Waals surface area contributed by atoms with Crippen molar-refractivity contribution < 1.29 is 9.21 Å². The Morgan fingerprint density at radius 1 is 1.43 bits per heavy atom. The Kier molecular flexibility index (Phi) is 3.20. The number of halogens is 1. The van der Waals surface area contributed by atoms with Gasteiger partial charge in [-0.15, -0.1) is 0 Å². The minimum absolute atomic E-state index is 0.0168. The molecule has 2 aliphatic rings. The van der Waals surface area contributed by atoms with Gasteiger partial charge < -0.3 is 19.5 Å². The zero-order valence-corrected chi connectivity index (χ0v) is 13.9. The zero-order valence-electron chi connectivity index (χ0n) is 13.2. The average Bonchev–Trinajstić information content (AvgIpc) is 2.81. The molecule has 1 spiro atoms. The fourth-order valence-electron chi connectivity index (χ4n) is 3.57. The number of fused-ring (bicyclic) bond motifs is 1. The van der Waals surface area contributed by atoms with Crippen LogP contribution in [-0.2, 0) is 0 Å². The molecule has 1 saturated carbocycles. The van der Waals surface area contributed by atoms with Gasteiger partial charge in [-0.25, -0.2) is 4.79 Å². The maximum atomic E-state index is 11.6. The fraction of sp³-hybridized carbons (Fsp3) is 0.500. The van der Waals surface area contributed by atoms with E-state index in [-0.39, 0.29) is 12.1 Å². The first-order valence-corrected chi connectivity index (χ1v) is 8.11. The summed E-state index contributed by atoms with van der Waals surface area (Å²) in [6.45, 7) is 1.86. The number of rotatable bonds is 2. The fourth-order valence-corrected chi connectivity index (χ4v) is 3.74. The standard InChI is InChI=1S/C16H19ClN4O2/c1-20(2)14(22)18-11-6-16(7-11)8-21(9-16)15-19-12-5-10(17)3-4-13(12)23-15/h3-5,11H,6-9H2,1-2H3,(H,18,22). The molecular formula is C16H19ClN4O2. The summed E-state index contributed by atoms with van der Waals surface area (Å²) >= 11 is 5.98. The van der Waals surface area contributed by atoms with Gasteiger partial charge >= 0.3 is 6.03 Å². The normalized spacial score (nSPS) is 19.5. The summed E-state index contributed by atoms with van der Waals surface area (Å²) in [5.41, 5.74) is 1.86. The Morgan fingerprint density at radius 3 is 2.87 bits per heavy atom. The van der Waals surface area contributed by atoms with Gasteiger partial charge in [0.2, 0.25) is 0 Å². The third-order valence-electron chi connectivity index (χ3n) is 4.75. The van der Waals surface area contributed by atoms with Crippen LogP contribution in [0.25, 0.3) is 11.1 Å². The number of nitrogens with zero attached hydrogens (tertiary/aromatic N) is 3. The molecule has 0 unspecified atom stereocenters. The summed E-state index contributed by atoms with van der Waals surface area (Å²) in [7, 11) is 3.52. The van der Waals surface area contributed by atoms with Crippen molar-refractivity contribution in [2.45, 2.75) is 18.9 Å². The third kappa shape index (κ3) is 2.51. The highest BCUT2D eigenvalue weighted by Gasteiger charge is 2.53. The quantitative estimate of drug-likeness (QED) is 0.917. The Balaban J connectivity index is 1.36. The van der Waals surface area contributed by atoms with Gasteiger partial charge in [0.25, 0.3) is 6.01 Å². The third-order valence-corrected chi connectivity index (χ3v) is 4.99. The molecule has 122 valence electrons. The molecule has 7 heteroatoms. The second-order valence-electron chi connectivity index (χ2n) is 6.91. The van der Waals surface area contributed by atoms with Crippen LogP contribution in [0.4, 0.5) is 10.8 Å². The van der Waals surface area contributed by atoms with Crippen LogP contribution in [0.2, 0.25) is 5.02 Å². The van der Waals surface area contributed by atoms with Crippen LogP contribution in [0, 0.1) is 5.41 Å². The number of carbonyl (C=O) groups is 1. The molecule has 1 aromatic carbocycles. The number of urea groups is 1. The smallest absolute Gasteiger partial charge is 0.317 e. The maximum Gasteiger partial charge on any atom is 0.317 e. The monoisotopic (exact) mass is 334 g/mol. The van der Waals surface area contributed by atoms with E-state index in [9.17, 15) is 4.79 Å². The summed E-state index contributed by atoms with van der Waals surface area (Å²) in [6, 6.07) is 6.40. The largest absolute Gasteiger partial charge is 0.423 e. The lowest BCUT2D eigenvalue weighted by Gasteiger charge is -2.58. The molecule has 0 atom stereocenters. The number of amides is 2. The first-order valence-electron chi connectivity index (χ1n) is 7.73. The van der Waals surface area contributed by atoms with E-state index in [0.717, 1.165) is 37.0 Å². The highest BCUT2D eigenvalue weighted by atomic mass is 35.5. The van der Waals surface area contributed by atoms with Crippen LogP contribution in [0.5, 0.6) is 0 Å². The molecule has 2 amide bonds. The van der Waals surface area contributed by atoms with Gasteiger partial charge in [0.1, 0.15) is 5.52 Å². The Morgan fingerprint density at radius 2 is 2.17 bits per heavy atom. The molecule has 0 bridgehead atoms. The number of oxazole rings is 1. The van der Waals surface area contributed by atoms with E-state index < -0.39 is 0 Å². The number of hydrogen-bond donors (Lipinski definition) is 1. The van der Waals surface area contributed by atoms with Crippen LogP contribution in [0.1, 0.15) is 12.8 Å². The number of aromatic nitrogens is 1. The second kappa shape index (κ2) is 5.03. The molecule has 2 aromatic rings. The topological polar surface area (TPSA) is 61.6 Å². The van der Waals surface area contributed by atoms with Crippen molar-refractivity contribution in [1.29, 1.82) is 0 Å². The molecule has 23 heavy (non-hydrogen) atoms. The minimum Gasteiger partial charge on any atom is -0.423 e. The Hall–Kier alpha value is -1.95. The molecular weight excluding hydrogens is 316 g/mol. The van der Waals surface area contributed by atoms with E-state index in [0.29, 0.717) is 16.5 Å². The number of benzene rings is 1. The number of hydrogen-bond acceptors (Lipinski definition) is 4. The lowest BCUT2D eigenvalue weighted by atomic mass is 9.61. The van der Waals surface area contributed by atoms with Crippen LogP contribution < -0.4 is 10.2 Å². The lowest BCUT2D eigenvalue weighted by Crippen LogP contribution is -2.67. The van der Waals surface area contributed by atoms with Gasteiger partial charge in [-0.2, -0.15) is 4.98 Å². The molecule has 1 aliphatic heterocycles. The molecule has 2 heterocycles. The first-order chi connectivity index (χ1) is 10.9. The molecule has 1 aromatic heterocycles. The SMILES string of the molecule is CN(C)C(=O)NC1CC2(C1)CN(c1nc3cc(Cl)ccc3o1)C2. The minimum atomic E-state index is -0.0168. The molecule has 1 aliphatic carbocycles. The maximum absolute atomic E-state index is 11.6. The molecule has 1 saturated heterocycles. The van der Waals surface area contributed by atoms with Gasteiger partial charge in [0, 0.05) is 43.7 Å². The van der Waals surface area contributed by atoms with Gasteiger partial charge in [-0.1, -0.05) is 11.6 Å². The van der Waals surface area contributed by atoms with E-state index in [2.05, 4.69) is 15.2 Å². The first kappa shape index (κ1) is 14.6.